The summed E-state index contributed by atoms with van der Waals surface area (Å²) >= 11 is 26.6. The summed E-state index contributed by atoms with van der Waals surface area (Å²) in [5.74, 6) is -19.3. The zero-order valence-electron chi connectivity index (χ0n) is 56.2. The van der Waals surface area contributed by atoms with Crippen LogP contribution in [0.3, 0.4) is 0 Å². The number of sulfonamides is 4. The molecule has 112 heavy (non-hydrogen) atoms. The summed E-state index contributed by atoms with van der Waals surface area (Å²) in [7, 11) is -16.3. The Kier molecular flexibility index (Phi) is 28.4. The van der Waals surface area contributed by atoms with Crippen molar-refractivity contribution in [1.82, 2.24) is 18.9 Å². The number of aliphatic hydroxyl groups excluding tert-OH is 4. The normalized spacial score (nSPS) is 19.2. The van der Waals surface area contributed by atoms with E-state index in [1.807, 2.05) is 5.32 Å². The summed E-state index contributed by atoms with van der Waals surface area (Å²) in [6.07, 6.45) is -0.221. The van der Waals surface area contributed by atoms with Crippen LogP contribution < -0.4 is 40.2 Å². The summed E-state index contributed by atoms with van der Waals surface area (Å²) < 4.78 is 256. The number of anilines is 4. The van der Waals surface area contributed by atoms with Gasteiger partial charge in [0.15, 0.2) is 46.5 Å². The minimum Gasteiger partial charge on any atom is -0.393 e. The predicted molar refractivity (Wildman–Crippen MR) is 388 cm³/mol. The molecular formula is C68H56BrCl4F11N8O16S4. The Hall–Kier alpha value is -8.01. The maximum absolute atomic E-state index is 14.0. The number of carbonyl (C=O) groups is 4. The second-order valence-corrected chi connectivity index (χ2v) is 34.5. The Morgan fingerprint density at radius 3 is 0.920 bits per heavy atom. The fourth-order valence-electron chi connectivity index (χ4n) is 10.6. The summed E-state index contributed by atoms with van der Waals surface area (Å²) in [5, 5.41) is 45.3. The van der Waals surface area contributed by atoms with Crippen molar-refractivity contribution in [1.29, 1.82) is 0 Å². The smallest absolute Gasteiger partial charge is 0.258 e. The van der Waals surface area contributed by atoms with Crippen molar-refractivity contribution in [2.45, 2.75) is 120 Å². The van der Waals surface area contributed by atoms with Gasteiger partial charge in [0.25, 0.3) is 23.6 Å². The number of rotatable bonds is 20. The number of hydrogen-bond acceptors (Lipinski definition) is 16. The molecule has 0 heterocycles. The first-order valence-electron chi connectivity index (χ1n) is 32.1. The molecule has 0 aromatic heterocycles. The molecule has 12 rings (SSSR count). The van der Waals surface area contributed by atoms with Crippen molar-refractivity contribution in [3.05, 3.63) is 232 Å². The van der Waals surface area contributed by atoms with E-state index in [4.69, 9.17) is 46.4 Å². The molecule has 0 atom stereocenters. The molecule has 0 radical (unpaired) electrons. The van der Waals surface area contributed by atoms with E-state index in [-0.39, 0.29) is 100 Å². The van der Waals surface area contributed by atoms with E-state index in [0.29, 0.717) is 61.7 Å². The van der Waals surface area contributed by atoms with Crippen LogP contribution in [0.2, 0.25) is 20.1 Å². The molecule has 0 bridgehead atoms. The van der Waals surface area contributed by atoms with Gasteiger partial charge in [-0.1, -0.05) is 46.4 Å². The average molecular weight is 1800 g/mol. The highest BCUT2D eigenvalue weighted by atomic mass is 79.9. The number of hydrogen-bond donors (Lipinski definition) is 12. The topological polar surface area (TPSA) is 382 Å². The lowest BCUT2D eigenvalue weighted by atomic mass is 9.91. The highest BCUT2D eigenvalue weighted by Crippen LogP contribution is 2.33. The van der Waals surface area contributed by atoms with Crippen LogP contribution >= 0.6 is 62.3 Å². The minimum atomic E-state index is -4.49. The van der Waals surface area contributed by atoms with Gasteiger partial charge in [-0.05, 0) is 152 Å². The molecule has 4 aliphatic carbocycles. The third-order valence-corrected chi connectivity index (χ3v) is 24.6. The van der Waals surface area contributed by atoms with Crippen LogP contribution in [0, 0.1) is 64.0 Å². The molecule has 0 spiro atoms. The van der Waals surface area contributed by atoms with Gasteiger partial charge in [-0.15, -0.1) is 0 Å². The van der Waals surface area contributed by atoms with E-state index in [0.717, 1.165) is 24.3 Å². The number of halogens is 16. The molecule has 44 heteroatoms. The van der Waals surface area contributed by atoms with Gasteiger partial charge >= 0.3 is 0 Å². The van der Waals surface area contributed by atoms with Crippen LogP contribution in [-0.4, -0.2) is 126 Å². The van der Waals surface area contributed by atoms with E-state index < -0.39 is 191 Å². The highest BCUT2D eigenvalue weighted by Gasteiger charge is 2.37. The van der Waals surface area contributed by atoms with Crippen LogP contribution in [0.15, 0.2) is 145 Å². The number of aliphatic hydroxyl groups is 4. The van der Waals surface area contributed by atoms with Crippen LogP contribution in [0.1, 0.15) is 92.8 Å². The number of nitrogens with one attached hydrogen (secondary N) is 8. The highest BCUT2D eigenvalue weighted by molar-refractivity contribution is 9.10. The zero-order valence-corrected chi connectivity index (χ0v) is 64.1. The van der Waals surface area contributed by atoms with Gasteiger partial charge in [-0.3, -0.25) is 19.2 Å². The summed E-state index contributed by atoms with van der Waals surface area (Å²) in [5.41, 5.74) is -2.14. The Labute approximate surface area is 657 Å². The lowest BCUT2D eigenvalue weighted by Gasteiger charge is -2.31. The molecule has 0 unspecified atom stereocenters. The molecule has 0 saturated heterocycles. The molecule has 4 fully saturated rings. The largest absolute Gasteiger partial charge is 0.393 e. The standard InChI is InChI=1S/C17H15BrClFN2O4S.C17H14Cl2F2N2O4S.C17H14ClF3N2O4S.C17H13F5N2O4S/c18-14-7-9(1-4-16(14)20)21-17(24)13-8-12(2-3-15(13)19)27(25,26)22-10-5-11(23)6-10;2*18-13-2-1-11(28(26,27)23-9-3-10(24)4-9)7-12(13)17(25)22-8-5-14(19)16(21)15(20)6-8;18-11-6-12(19)15(29(27,28)24-8-1-9(25)2-8)5-10(11)17(26)23-7-3-13(20)16(22)14(21)4-7/h1-4,7-8,10-11,22-23H,5-6H2,(H,21,24);2*1-2,5-7,9-10,23-24H,3-4H2,(H,22,25);3-6,8-9,24-25H,1-2H2,(H,23,26). The maximum Gasteiger partial charge on any atom is 0.258 e. The average Bonchev–Trinajstić information content (AvgIpc) is 0.735. The first kappa shape index (κ1) is 87.9. The van der Waals surface area contributed by atoms with Gasteiger partial charge < -0.3 is 41.7 Å². The number of benzene rings is 8. The van der Waals surface area contributed by atoms with Crippen molar-refractivity contribution in [2.75, 3.05) is 21.3 Å². The molecule has 8 aromatic carbocycles. The van der Waals surface area contributed by atoms with E-state index >= 15 is 0 Å². The molecule has 4 saturated carbocycles. The second kappa shape index (κ2) is 36.2. The molecule has 600 valence electrons. The van der Waals surface area contributed by atoms with Crippen molar-refractivity contribution in [3.63, 3.8) is 0 Å². The quantitative estimate of drug-likeness (QED) is 0.0249. The van der Waals surface area contributed by atoms with Crippen LogP contribution in [0.25, 0.3) is 0 Å². The first-order chi connectivity index (χ1) is 52.3. The van der Waals surface area contributed by atoms with Gasteiger partial charge in [0, 0.05) is 83.3 Å². The van der Waals surface area contributed by atoms with Crippen molar-refractivity contribution in [3.8, 4) is 0 Å². The summed E-state index contributed by atoms with van der Waals surface area (Å²) in [6.45, 7) is 0. The number of amides is 4. The second-order valence-electron chi connectivity index (χ2n) is 25.2. The van der Waals surface area contributed by atoms with Crippen LogP contribution in [0.4, 0.5) is 71.0 Å². The Morgan fingerprint density at radius 2 is 0.607 bits per heavy atom. The lowest BCUT2D eigenvalue weighted by Crippen LogP contribution is -2.46. The van der Waals surface area contributed by atoms with E-state index in [9.17, 15) is 122 Å². The molecule has 8 aromatic rings. The van der Waals surface area contributed by atoms with Crippen LogP contribution in [0.5, 0.6) is 0 Å². The first-order valence-corrected chi connectivity index (χ1v) is 40.3. The summed E-state index contributed by atoms with van der Waals surface area (Å²) in [4.78, 5) is 47.9. The molecule has 4 amide bonds. The maximum atomic E-state index is 14.0. The Balaban J connectivity index is 0.000000171. The zero-order chi connectivity index (χ0) is 82.5. The molecule has 4 aliphatic rings. The van der Waals surface area contributed by atoms with Crippen molar-refractivity contribution >= 4 is 149 Å². The van der Waals surface area contributed by atoms with Gasteiger partial charge in [0.2, 0.25) is 40.1 Å². The monoisotopic (exact) mass is 1800 g/mol. The third-order valence-electron chi connectivity index (χ3n) is 16.7. The molecule has 24 nitrogen and oxygen atoms in total. The minimum absolute atomic E-state index is 0.0337. The molecule has 0 aliphatic heterocycles. The Bertz CT molecular complexity index is 5280. The van der Waals surface area contributed by atoms with Gasteiger partial charge in [-0.25, -0.2) is 101 Å². The fourth-order valence-corrected chi connectivity index (χ4v) is 17.0. The SMILES string of the molecule is O=C(Nc1cc(F)c(F)c(Cl)c1)c1cc(S(=O)(=O)NC2CC(O)C2)ccc1Cl.O=C(Nc1cc(F)c(F)c(F)c1)c1cc(S(=O)(=O)NC2CC(O)C2)c(F)cc1F.O=C(Nc1cc(F)c(F)c(F)c1)c1cc(S(=O)(=O)NC2CC(O)C2)ccc1Cl.O=C(Nc1ccc(F)c(Br)c1)c1cc(S(=O)(=O)NC2CC(O)C2)ccc1Cl. The van der Waals surface area contributed by atoms with Gasteiger partial charge in [-0.2, -0.15) is 0 Å². The van der Waals surface area contributed by atoms with Gasteiger partial charge in [0.1, 0.15) is 22.3 Å². The van der Waals surface area contributed by atoms with E-state index in [2.05, 4.69) is 50.8 Å². The van der Waals surface area contributed by atoms with E-state index in [1.54, 1.807) is 0 Å². The van der Waals surface area contributed by atoms with Crippen LogP contribution in [-0.2, 0) is 40.1 Å². The molecule has 12 N–H and O–H groups in total. The van der Waals surface area contributed by atoms with Crippen molar-refractivity contribution < 1.29 is 122 Å². The summed E-state index contributed by atoms with van der Waals surface area (Å²) in [6, 6.07) is 17.2. The van der Waals surface area contributed by atoms with Crippen molar-refractivity contribution in [2.24, 2.45) is 0 Å². The predicted octanol–water partition coefficient (Wildman–Crippen LogP) is 11.9. The Morgan fingerprint density at radius 1 is 0.312 bits per heavy atom. The van der Waals surface area contributed by atoms with E-state index in [1.165, 1.54) is 60.7 Å². The fraction of sp³-hybridized carbons (Fsp3) is 0.235. The molecular weight excluding hydrogens is 1740 g/mol. The lowest BCUT2D eigenvalue weighted by molar-refractivity contribution is 0.0707. The van der Waals surface area contributed by atoms with Gasteiger partial charge in [0.05, 0.1) is 85.9 Å². The third kappa shape index (κ3) is 22.3. The number of carbonyl (C=O) groups excluding carboxylic acids is 4.